The quantitative estimate of drug-likeness (QED) is 0.579. The van der Waals surface area contributed by atoms with E-state index in [1.165, 1.54) is 12.8 Å². The first-order chi connectivity index (χ1) is 6.16. The Kier molecular flexibility index (Phi) is 8.40. The van der Waals surface area contributed by atoms with Crippen LogP contribution in [0.5, 0.6) is 0 Å². The minimum Gasteiger partial charge on any atom is -0.383 e. The SMILES string of the molecule is COCCN(C)CCCCC(C)N. The van der Waals surface area contributed by atoms with Gasteiger partial charge in [-0.05, 0) is 33.4 Å². The first kappa shape index (κ1) is 12.9. The lowest BCUT2D eigenvalue weighted by molar-refractivity contribution is 0.160. The normalized spacial score (nSPS) is 13.6. The third kappa shape index (κ3) is 9.80. The Morgan fingerprint density at radius 2 is 2.00 bits per heavy atom. The highest BCUT2D eigenvalue weighted by molar-refractivity contribution is 4.56. The molecule has 0 saturated carbocycles. The van der Waals surface area contributed by atoms with E-state index < -0.39 is 0 Å². The van der Waals surface area contributed by atoms with Crippen LogP contribution in [0.3, 0.4) is 0 Å². The van der Waals surface area contributed by atoms with E-state index in [1.54, 1.807) is 7.11 Å². The molecule has 13 heavy (non-hydrogen) atoms. The predicted molar refractivity (Wildman–Crippen MR) is 56.9 cm³/mol. The lowest BCUT2D eigenvalue weighted by Gasteiger charge is -2.15. The summed E-state index contributed by atoms with van der Waals surface area (Å²) in [4.78, 5) is 2.30. The van der Waals surface area contributed by atoms with Gasteiger partial charge in [0, 0.05) is 19.7 Å². The molecule has 0 saturated heterocycles. The summed E-state index contributed by atoms with van der Waals surface area (Å²) in [6.07, 6.45) is 3.61. The van der Waals surface area contributed by atoms with Crippen molar-refractivity contribution in [3.05, 3.63) is 0 Å². The van der Waals surface area contributed by atoms with Crippen LogP contribution in [-0.4, -0.2) is 44.8 Å². The number of nitrogens with two attached hydrogens (primary N) is 1. The van der Waals surface area contributed by atoms with Crippen LogP contribution in [0.15, 0.2) is 0 Å². The van der Waals surface area contributed by atoms with Crippen molar-refractivity contribution in [1.29, 1.82) is 0 Å². The van der Waals surface area contributed by atoms with Crippen molar-refractivity contribution in [3.8, 4) is 0 Å². The number of likely N-dealkylation sites (N-methyl/N-ethyl adjacent to an activating group) is 1. The Balaban J connectivity index is 3.12. The summed E-state index contributed by atoms with van der Waals surface area (Å²) < 4.78 is 5.00. The number of methoxy groups -OCH3 is 1. The summed E-state index contributed by atoms with van der Waals surface area (Å²) in [7, 11) is 3.87. The molecule has 3 heteroatoms. The largest absolute Gasteiger partial charge is 0.383 e. The monoisotopic (exact) mass is 188 g/mol. The van der Waals surface area contributed by atoms with Gasteiger partial charge in [0.15, 0.2) is 0 Å². The van der Waals surface area contributed by atoms with Crippen molar-refractivity contribution in [3.63, 3.8) is 0 Å². The molecule has 0 aliphatic heterocycles. The zero-order chi connectivity index (χ0) is 10.1. The number of rotatable bonds is 8. The van der Waals surface area contributed by atoms with Gasteiger partial charge in [-0.3, -0.25) is 0 Å². The minimum absolute atomic E-state index is 0.351. The van der Waals surface area contributed by atoms with E-state index in [1.807, 2.05) is 0 Å². The van der Waals surface area contributed by atoms with E-state index in [-0.39, 0.29) is 0 Å². The molecule has 0 bridgehead atoms. The zero-order valence-corrected chi connectivity index (χ0v) is 9.25. The van der Waals surface area contributed by atoms with E-state index in [2.05, 4.69) is 18.9 Å². The lowest BCUT2D eigenvalue weighted by Crippen LogP contribution is -2.24. The number of ether oxygens (including phenoxy) is 1. The molecule has 0 aromatic heterocycles. The van der Waals surface area contributed by atoms with Gasteiger partial charge in [0.05, 0.1) is 6.61 Å². The summed E-state index contributed by atoms with van der Waals surface area (Å²) in [5.41, 5.74) is 5.66. The molecule has 0 amide bonds. The van der Waals surface area contributed by atoms with Crippen molar-refractivity contribution >= 4 is 0 Å². The Morgan fingerprint density at radius 1 is 1.31 bits per heavy atom. The van der Waals surface area contributed by atoms with E-state index in [0.29, 0.717) is 6.04 Å². The maximum atomic E-state index is 5.66. The molecular weight excluding hydrogens is 164 g/mol. The van der Waals surface area contributed by atoms with Crippen LogP contribution in [0.2, 0.25) is 0 Å². The smallest absolute Gasteiger partial charge is 0.0589 e. The van der Waals surface area contributed by atoms with Gasteiger partial charge in [0.1, 0.15) is 0 Å². The van der Waals surface area contributed by atoms with Crippen molar-refractivity contribution in [1.82, 2.24) is 4.90 Å². The van der Waals surface area contributed by atoms with Gasteiger partial charge < -0.3 is 15.4 Å². The van der Waals surface area contributed by atoms with E-state index in [9.17, 15) is 0 Å². The van der Waals surface area contributed by atoms with Gasteiger partial charge in [-0.2, -0.15) is 0 Å². The fourth-order valence-electron chi connectivity index (χ4n) is 1.21. The number of hydrogen-bond acceptors (Lipinski definition) is 3. The third-order valence-corrected chi connectivity index (χ3v) is 2.13. The maximum absolute atomic E-state index is 5.66. The van der Waals surface area contributed by atoms with Crippen LogP contribution in [0.4, 0.5) is 0 Å². The molecule has 0 aromatic carbocycles. The van der Waals surface area contributed by atoms with Crippen molar-refractivity contribution < 1.29 is 4.74 Å². The average Bonchev–Trinajstić information content (AvgIpc) is 2.08. The molecule has 80 valence electrons. The Labute approximate surface area is 82.2 Å². The Bertz CT molecular complexity index is 107. The second-order valence-electron chi connectivity index (χ2n) is 3.77. The molecular formula is C10H24N2O. The van der Waals surface area contributed by atoms with E-state index in [0.717, 1.165) is 26.1 Å². The van der Waals surface area contributed by atoms with Crippen LogP contribution < -0.4 is 5.73 Å². The average molecular weight is 188 g/mol. The number of unbranched alkanes of at least 4 members (excludes halogenated alkanes) is 1. The first-order valence-electron chi connectivity index (χ1n) is 5.10. The van der Waals surface area contributed by atoms with Gasteiger partial charge in [-0.15, -0.1) is 0 Å². The second kappa shape index (κ2) is 8.48. The van der Waals surface area contributed by atoms with Crippen LogP contribution in [0.25, 0.3) is 0 Å². The molecule has 0 radical (unpaired) electrons. The molecule has 0 rings (SSSR count). The Morgan fingerprint density at radius 3 is 2.54 bits per heavy atom. The van der Waals surface area contributed by atoms with E-state index in [4.69, 9.17) is 10.5 Å². The van der Waals surface area contributed by atoms with Crippen LogP contribution in [0, 0.1) is 0 Å². The van der Waals surface area contributed by atoms with Crippen molar-refractivity contribution in [2.24, 2.45) is 5.73 Å². The molecule has 0 aliphatic carbocycles. The summed E-state index contributed by atoms with van der Waals surface area (Å²) in [6, 6.07) is 0.351. The predicted octanol–water partition coefficient (Wildman–Crippen LogP) is 1.08. The van der Waals surface area contributed by atoms with Crippen LogP contribution in [0.1, 0.15) is 26.2 Å². The standard InChI is InChI=1S/C10H24N2O/c1-10(11)6-4-5-7-12(2)8-9-13-3/h10H,4-9,11H2,1-3H3. The highest BCUT2D eigenvalue weighted by Crippen LogP contribution is 1.99. The van der Waals surface area contributed by atoms with Gasteiger partial charge in [0.25, 0.3) is 0 Å². The molecule has 3 nitrogen and oxygen atoms in total. The van der Waals surface area contributed by atoms with Gasteiger partial charge >= 0.3 is 0 Å². The van der Waals surface area contributed by atoms with Gasteiger partial charge in [0.2, 0.25) is 0 Å². The van der Waals surface area contributed by atoms with Gasteiger partial charge in [-0.1, -0.05) is 6.42 Å². The number of hydrogen-bond donors (Lipinski definition) is 1. The molecule has 1 unspecified atom stereocenters. The summed E-state index contributed by atoms with van der Waals surface area (Å²) in [5, 5.41) is 0. The highest BCUT2D eigenvalue weighted by Gasteiger charge is 1.98. The fraction of sp³-hybridized carbons (Fsp3) is 1.00. The molecule has 2 N–H and O–H groups in total. The summed E-state index contributed by atoms with van der Waals surface area (Å²) in [6.45, 7) is 5.06. The molecule has 0 heterocycles. The molecule has 0 aliphatic rings. The molecule has 1 atom stereocenters. The first-order valence-corrected chi connectivity index (χ1v) is 5.10. The topological polar surface area (TPSA) is 38.5 Å². The Hall–Kier alpha value is -0.120. The second-order valence-corrected chi connectivity index (χ2v) is 3.77. The minimum atomic E-state index is 0.351. The molecule has 0 aromatic rings. The molecule has 0 spiro atoms. The van der Waals surface area contributed by atoms with Gasteiger partial charge in [-0.25, -0.2) is 0 Å². The van der Waals surface area contributed by atoms with Crippen LogP contribution in [-0.2, 0) is 4.74 Å². The summed E-state index contributed by atoms with van der Waals surface area (Å²) >= 11 is 0. The maximum Gasteiger partial charge on any atom is 0.0589 e. The zero-order valence-electron chi connectivity index (χ0n) is 9.25. The van der Waals surface area contributed by atoms with Crippen LogP contribution >= 0.6 is 0 Å². The number of nitrogens with zero attached hydrogens (tertiary/aromatic N) is 1. The van der Waals surface area contributed by atoms with Crippen molar-refractivity contribution in [2.45, 2.75) is 32.2 Å². The molecule has 0 fully saturated rings. The van der Waals surface area contributed by atoms with E-state index >= 15 is 0 Å². The summed E-state index contributed by atoms with van der Waals surface area (Å²) in [5.74, 6) is 0. The third-order valence-electron chi connectivity index (χ3n) is 2.13. The van der Waals surface area contributed by atoms with Crippen molar-refractivity contribution in [2.75, 3.05) is 33.9 Å². The highest BCUT2D eigenvalue weighted by atomic mass is 16.5. The lowest BCUT2D eigenvalue weighted by atomic mass is 10.1. The fourth-order valence-corrected chi connectivity index (χ4v) is 1.21.